The van der Waals surface area contributed by atoms with E-state index >= 15 is 0 Å². The molecule has 7 heteroatoms. The molecule has 0 fully saturated rings. The normalized spacial score (nSPS) is 13.1. The molecule has 4 rings (SSSR count). The summed E-state index contributed by atoms with van der Waals surface area (Å²) in [6.07, 6.45) is 2.80. The molecule has 2 aromatic carbocycles. The Morgan fingerprint density at radius 1 is 1.18 bits per heavy atom. The largest absolute Gasteiger partial charge is 0.326 e. The van der Waals surface area contributed by atoms with Gasteiger partial charge < -0.3 is 5.32 Å². The Morgan fingerprint density at radius 3 is 2.89 bits per heavy atom. The van der Waals surface area contributed by atoms with Crippen molar-refractivity contribution in [2.45, 2.75) is 31.8 Å². The minimum absolute atomic E-state index is 0.0212. The number of carbonyl (C=O) groups excluding carboxylic acids is 2. The molecule has 0 atom stereocenters. The Kier molecular flexibility index (Phi) is 5.00. The van der Waals surface area contributed by atoms with E-state index in [0.717, 1.165) is 28.1 Å². The summed E-state index contributed by atoms with van der Waals surface area (Å²) in [5, 5.41) is 11.7. The lowest BCUT2D eigenvalue weighted by atomic mass is 9.99. The average Bonchev–Trinajstić information content (AvgIpc) is 3.16. The second kappa shape index (κ2) is 7.59. The van der Waals surface area contributed by atoms with E-state index in [1.54, 1.807) is 12.4 Å². The van der Waals surface area contributed by atoms with Gasteiger partial charge in [0.25, 0.3) is 0 Å². The van der Waals surface area contributed by atoms with E-state index in [1.165, 1.54) is 11.8 Å². The van der Waals surface area contributed by atoms with Crippen LogP contribution < -0.4 is 5.32 Å². The predicted molar refractivity (Wildman–Crippen MR) is 109 cm³/mol. The Balaban J connectivity index is 1.50. The first-order valence-corrected chi connectivity index (χ1v) is 10.1. The number of fused-ring (bicyclic) bond motifs is 1. The van der Waals surface area contributed by atoms with Gasteiger partial charge in [-0.25, -0.2) is 0 Å². The number of ketones is 1. The molecule has 0 saturated heterocycles. The second-order valence-corrected chi connectivity index (χ2v) is 7.85. The smallest absolute Gasteiger partial charge is 0.224 e. The quantitative estimate of drug-likeness (QED) is 0.529. The fourth-order valence-electron chi connectivity index (χ4n) is 3.24. The van der Waals surface area contributed by atoms with E-state index in [1.807, 2.05) is 30.5 Å². The highest BCUT2D eigenvalue weighted by atomic mass is 32.2. The van der Waals surface area contributed by atoms with E-state index in [-0.39, 0.29) is 17.4 Å². The third-order valence-corrected chi connectivity index (χ3v) is 5.74. The number of anilines is 1. The van der Waals surface area contributed by atoms with Gasteiger partial charge in [0.1, 0.15) is 6.33 Å². The van der Waals surface area contributed by atoms with Crippen LogP contribution in [0.2, 0.25) is 0 Å². The van der Waals surface area contributed by atoms with Crippen LogP contribution in [0.1, 0.15) is 33.5 Å². The molecule has 0 radical (unpaired) electrons. The molecule has 28 heavy (non-hydrogen) atoms. The molecular weight excluding hydrogens is 372 g/mol. The Bertz CT molecular complexity index is 1070. The number of carbonyl (C=O) groups is 2. The molecule has 1 aliphatic heterocycles. The van der Waals surface area contributed by atoms with Crippen LogP contribution in [0.25, 0.3) is 5.69 Å². The van der Waals surface area contributed by atoms with Gasteiger partial charge in [0, 0.05) is 17.7 Å². The zero-order valence-corrected chi connectivity index (χ0v) is 16.5. The van der Waals surface area contributed by atoms with Crippen LogP contribution in [-0.2, 0) is 11.2 Å². The van der Waals surface area contributed by atoms with Gasteiger partial charge in [-0.15, -0.1) is 10.2 Å². The van der Waals surface area contributed by atoms with Gasteiger partial charge in [-0.05, 0) is 61.2 Å². The Morgan fingerprint density at radius 2 is 2.04 bits per heavy atom. The van der Waals surface area contributed by atoms with Crippen LogP contribution >= 0.6 is 11.8 Å². The van der Waals surface area contributed by atoms with E-state index in [2.05, 4.69) is 33.7 Å². The van der Waals surface area contributed by atoms with Crippen molar-refractivity contribution in [3.63, 3.8) is 0 Å². The monoisotopic (exact) mass is 392 g/mol. The van der Waals surface area contributed by atoms with Crippen LogP contribution in [0.15, 0.2) is 47.9 Å². The molecular formula is C21H20N4O2S. The third-order valence-electron chi connectivity index (χ3n) is 4.80. The number of hydrogen-bond acceptors (Lipinski definition) is 5. The standard InChI is InChI=1S/C21H20N4O2S/c1-13-3-4-14(2)18(9-13)25-12-22-24-21(25)28-11-19(26)16-5-7-17-15(10-16)6-8-20(27)23-17/h3-5,7,9-10,12H,6,8,11H2,1-2H3,(H,23,27). The van der Waals surface area contributed by atoms with Crippen molar-refractivity contribution in [3.8, 4) is 5.69 Å². The van der Waals surface area contributed by atoms with Crippen molar-refractivity contribution in [3.05, 3.63) is 65.0 Å². The van der Waals surface area contributed by atoms with Crippen LogP contribution in [0.3, 0.4) is 0 Å². The zero-order chi connectivity index (χ0) is 19.7. The minimum atomic E-state index is 0.0212. The summed E-state index contributed by atoms with van der Waals surface area (Å²) in [5.41, 5.74) is 5.76. The summed E-state index contributed by atoms with van der Waals surface area (Å²) in [5.74, 6) is 0.322. The Hall–Kier alpha value is -2.93. The lowest BCUT2D eigenvalue weighted by Crippen LogP contribution is -2.19. The minimum Gasteiger partial charge on any atom is -0.326 e. The molecule has 0 spiro atoms. The van der Waals surface area contributed by atoms with Gasteiger partial charge in [-0.2, -0.15) is 0 Å². The lowest BCUT2D eigenvalue weighted by Gasteiger charge is -2.17. The molecule has 2 heterocycles. The zero-order valence-electron chi connectivity index (χ0n) is 15.7. The van der Waals surface area contributed by atoms with Crippen molar-refractivity contribution >= 4 is 29.1 Å². The summed E-state index contributed by atoms with van der Waals surface area (Å²) < 4.78 is 1.92. The number of amides is 1. The topological polar surface area (TPSA) is 76.9 Å². The summed E-state index contributed by atoms with van der Waals surface area (Å²) in [7, 11) is 0. The molecule has 0 aliphatic carbocycles. The summed E-state index contributed by atoms with van der Waals surface area (Å²) in [6.45, 7) is 4.09. The molecule has 1 amide bonds. The average molecular weight is 392 g/mol. The molecule has 3 aromatic rings. The first-order valence-electron chi connectivity index (χ1n) is 9.07. The van der Waals surface area contributed by atoms with E-state index in [0.29, 0.717) is 23.6 Å². The van der Waals surface area contributed by atoms with Crippen molar-refractivity contribution in [2.24, 2.45) is 0 Å². The highest BCUT2D eigenvalue weighted by Gasteiger charge is 2.18. The molecule has 0 bridgehead atoms. The maximum Gasteiger partial charge on any atom is 0.224 e. The van der Waals surface area contributed by atoms with Crippen LogP contribution in [0.4, 0.5) is 5.69 Å². The number of benzene rings is 2. The molecule has 0 saturated carbocycles. The SMILES string of the molecule is Cc1ccc(C)c(-n2cnnc2SCC(=O)c2ccc3c(c2)CCC(=O)N3)c1. The number of nitrogens with one attached hydrogen (secondary N) is 1. The van der Waals surface area contributed by atoms with Crippen LogP contribution in [0.5, 0.6) is 0 Å². The predicted octanol–water partition coefficient (Wildman–Crippen LogP) is 3.74. The first-order chi connectivity index (χ1) is 13.5. The number of Topliss-reactive ketones (excluding diaryl/α,β-unsaturated/α-hetero) is 1. The molecule has 1 aromatic heterocycles. The molecule has 142 valence electrons. The number of thioether (sulfide) groups is 1. The van der Waals surface area contributed by atoms with Gasteiger partial charge in [0.2, 0.25) is 5.91 Å². The van der Waals surface area contributed by atoms with Crippen LogP contribution in [-0.4, -0.2) is 32.2 Å². The summed E-state index contributed by atoms with van der Waals surface area (Å²) >= 11 is 1.37. The van der Waals surface area contributed by atoms with E-state index < -0.39 is 0 Å². The maximum atomic E-state index is 12.7. The van der Waals surface area contributed by atoms with Gasteiger partial charge in [0.05, 0.1) is 11.4 Å². The molecule has 1 aliphatic rings. The first kappa shape index (κ1) is 18.4. The van der Waals surface area contributed by atoms with E-state index in [4.69, 9.17) is 0 Å². The fourth-order valence-corrected chi connectivity index (χ4v) is 4.05. The van der Waals surface area contributed by atoms with Crippen molar-refractivity contribution < 1.29 is 9.59 Å². The number of aryl methyl sites for hydroxylation is 3. The number of aromatic nitrogens is 3. The highest BCUT2D eigenvalue weighted by molar-refractivity contribution is 7.99. The van der Waals surface area contributed by atoms with Crippen molar-refractivity contribution in [1.29, 1.82) is 0 Å². The van der Waals surface area contributed by atoms with Gasteiger partial charge in [0.15, 0.2) is 10.9 Å². The van der Waals surface area contributed by atoms with Gasteiger partial charge in [-0.1, -0.05) is 23.9 Å². The van der Waals surface area contributed by atoms with Crippen LogP contribution in [0, 0.1) is 13.8 Å². The number of hydrogen-bond donors (Lipinski definition) is 1. The summed E-state index contributed by atoms with van der Waals surface area (Å²) in [6, 6.07) is 11.7. The highest BCUT2D eigenvalue weighted by Crippen LogP contribution is 2.26. The maximum absolute atomic E-state index is 12.7. The lowest BCUT2D eigenvalue weighted by molar-refractivity contribution is -0.116. The third kappa shape index (κ3) is 3.71. The summed E-state index contributed by atoms with van der Waals surface area (Å²) in [4.78, 5) is 24.2. The van der Waals surface area contributed by atoms with Gasteiger partial charge >= 0.3 is 0 Å². The Labute approximate surface area is 167 Å². The van der Waals surface area contributed by atoms with Crippen molar-refractivity contribution in [2.75, 3.05) is 11.1 Å². The number of rotatable bonds is 5. The second-order valence-electron chi connectivity index (χ2n) is 6.91. The fraction of sp³-hybridized carbons (Fsp3) is 0.238. The van der Waals surface area contributed by atoms with Gasteiger partial charge in [-0.3, -0.25) is 14.2 Å². The molecule has 0 unspecified atom stereocenters. The molecule has 6 nitrogen and oxygen atoms in total. The van der Waals surface area contributed by atoms with Crippen molar-refractivity contribution in [1.82, 2.24) is 14.8 Å². The van der Waals surface area contributed by atoms with E-state index in [9.17, 15) is 9.59 Å². The molecule has 1 N–H and O–H groups in total. The number of nitrogens with zero attached hydrogens (tertiary/aromatic N) is 3.